The molecule has 0 aliphatic heterocycles. The van der Waals surface area contributed by atoms with E-state index in [2.05, 4.69) is 27.4 Å². The van der Waals surface area contributed by atoms with Gasteiger partial charge in [0.25, 0.3) is 0 Å². The predicted molar refractivity (Wildman–Crippen MR) is 51.6 cm³/mol. The van der Waals surface area contributed by atoms with Gasteiger partial charge in [0, 0.05) is 11.7 Å². The van der Waals surface area contributed by atoms with E-state index in [0.717, 1.165) is 0 Å². The zero-order valence-electron chi connectivity index (χ0n) is 8.29. The second kappa shape index (κ2) is 4.10. The summed E-state index contributed by atoms with van der Waals surface area (Å²) in [6, 6.07) is 0. The third kappa shape index (κ3) is 3.96. The highest BCUT2D eigenvalue weighted by Gasteiger charge is 2.14. The smallest absolute Gasteiger partial charge is 0.154 e. The van der Waals surface area contributed by atoms with Crippen molar-refractivity contribution in [2.45, 2.75) is 33.2 Å². The van der Waals surface area contributed by atoms with Crippen molar-refractivity contribution >= 4 is 5.78 Å². The summed E-state index contributed by atoms with van der Waals surface area (Å²) in [5.41, 5.74) is -0.0201. The van der Waals surface area contributed by atoms with Crippen LogP contribution in [0.25, 0.3) is 0 Å². The molecule has 0 saturated carbocycles. The molecule has 0 saturated heterocycles. The summed E-state index contributed by atoms with van der Waals surface area (Å²) in [5, 5.41) is 0. The van der Waals surface area contributed by atoms with E-state index in [1.165, 1.54) is 13.0 Å². The van der Waals surface area contributed by atoms with E-state index in [1.54, 1.807) is 12.4 Å². The molecule has 0 bridgehead atoms. The molecule has 0 fully saturated rings. The maximum absolute atomic E-state index is 10.6. The van der Waals surface area contributed by atoms with E-state index in [9.17, 15) is 4.79 Å². The Morgan fingerprint density at radius 2 is 1.92 bits per heavy atom. The lowest BCUT2D eigenvalue weighted by atomic mass is 10.1. The van der Waals surface area contributed by atoms with Crippen molar-refractivity contribution in [3.63, 3.8) is 0 Å². The second-order valence-corrected chi connectivity index (χ2v) is 3.69. The summed E-state index contributed by atoms with van der Waals surface area (Å²) in [6.07, 6.45) is 4.99. The summed E-state index contributed by atoms with van der Waals surface area (Å²) >= 11 is 0. The molecule has 0 unspecified atom stereocenters. The van der Waals surface area contributed by atoms with Crippen LogP contribution in [0.3, 0.4) is 0 Å². The van der Waals surface area contributed by atoms with Gasteiger partial charge in [0.05, 0.1) is 0 Å². The quantitative estimate of drug-likeness (QED) is 0.601. The van der Waals surface area contributed by atoms with Gasteiger partial charge in [-0.2, -0.15) is 0 Å². The number of allylic oxidation sites excluding steroid dienone is 1. The largest absolute Gasteiger partial charge is 0.350 e. The molecule has 0 amide bonds. The monoisotopic (exact) mass is 167 g/mol. The highest BCUT2D eigenvalue weighted by Crippen LogP contribution is 2.13. The molecule has 12 heavy (non-hydrogen) atoms. The Labute approximate surface area is 74.6 Å². The Bertz CT molecular complexity index is 198. The molecule has 2 nitrogen and oxygen atoms in total. The first-order valence-electron chi connectivity index (χ1n) is 3.97. The van der Waals surface area contributed by atoms with Gasteiger partial charge in [-0.15, -0.1) is 0 Å². The molecule has 0 heterocycles. The average Bonchev–Trinajstić information content (AvgIpc) is 1.85. The minimum atomic E-state index is -0.0201. The van der Waals surface area contributed by atoms with Crippen LogP contribution in [-0.2, 0) is 4.79 Å². The minimum absolute atomic E-state index is 0.0201. The SMILES string of the molecule is C=CN(/C=C\C(C)=O)C(C)(C)C. The van der Waals surface area contributed by atoms with Crippen molar-refractivity contribution in [1.29, 1.82) is 0 Å². The van der Waals surface area contributed by atoms with Gasteiger partial charge in [-0.05, 0) is 40.0 Å². The minimum Gasteiger partial charge on any atom is -0.350 e. The number of nitrogens with zero attached hydrogens (tertiary/aromatic N) is 1. The summed E-state index contributed by atoms with van der Waals surface area (Å²) in [7, 11) is 0. The van der Waals surface area contributed by atoms with Gasteiger partial charge in [-0.1, -0.05) is 6.58 Å². The summed E-state index contributed by atoms with van der Waals surface area (Å²) < 4.78 is 0. The second-order valence-electron chi connectivity index (χ2n) is 3.69. The van der Waals surface area contributed by atoms with Crippen molar-refractivity contribution in [2.24, 2.45) is 0 Å². The van der Waals surface area contributed by atoms with Crippen LogP contribution >= 0.6 is 0 Å². The van der Waals surface area contributed by atoms with E-state index in [-0.39, 0.29) is 11.3 Å². The maximum atomic E-state index is 10.6. The molecule has 0 aliphatic rings. The number of ketones is 1. The highest BCUT2D eigenvalue weighted by atomic mass is 16.1. The number of carbonyl (C=O) groups excluding carboxylic acids is 1. The van der Waals surface area contributed by atoms with Gasteiger partial charge in [0.15, 0.2) is 5.78 Å². The molecule has 0 aromatic carbocycles. The number of hydrogen-bond acceptors (Lipinski definition) is 2. The van der Waals surface area contributed by atoms with Crippen LogP contribution in [0.4, 0.5) is 0 Å². The van der Waals surface area contributed by atoms with E-state index < -0.39 is 0 Å². The molecular weight excluding hydrogens is 150 g/mol. The molecule has 0 aromatic rings. The van der Waals surface area contributed by atoms with Gasteiger partial charge >= 0.3 is 0 Å². The summed E-state index contributed by atoms with van der Waals surface area (Å²) in [6.45, 7) is 11.4. The zero-order chi connectivity index (χ0) is 9.78. The third-order valence-electron chi connectivity index (χ3n) is 1.44. The molecule has 0 spiro atoms. The van der Waals surface area contributed by atoms with Crippen LogP contribution in [0.1, 0.15) is 27.7 Å². The van der Waals surface area contributed by atoms with Gasteiger partial charge in [0.2, 0.25) is 0 Å². The van der Waals surface area contributed by atoms with Crippen LogP contribution in [0.5, 0.6) is 0 Å². The third-order valence-corrected chi connectivity index (χ3v) is 1.44. The molecule has 0 radical (unpaired) electrons. The lowest BCUT2D eigenvalue weighted by molar-refractivity contribution is -0.112. The molecule has 0 aliphatic carbocycles. The Morgan fingerprint density at radius 1 is 1.42 bits per heavy atom. The predicted octanol–water partition coefficient (Wildman–Crippen LogP) is 2.33. The Morgan fingerprint density at radius 3 is 2.17 bits per heavy atom. The van der Waals surface area contributed by atoms with Crippen LogP contribution < -0.4 is 0 Å². The van der Waals surface area contributed by atoms with Crippen molar-refractivity contribution in [3.05, 3.63) is 25.1 Å². The van der Waals surface area contributed by atoms with Crippen molar-refractivity contribution in [2.75, 3.05) is 0 Å². The highest BCUT2D eigenvalue weighted by molar-refractivity contribution is 5.87. The lowest BCUT2D eigenvalue weighted by Crippen LogP contribution is -2.32. The fraction of sp³-hybridized carbons (Fsp3) is 0.500. The first-order chi connectivity index (χ1) is 5.38. The van der Waals surface area contributed by atoms with Crippen molar-refractivity contribution < 1.29 is 4.79 Å². The normalized spacial score (nSPS) is 11.7. The fourth-order valence-electron chi connectivity index (χ4n) is 0.744. The lowest BCUT2D eigenvalue weighted by Gasteiger charge is -2.31. The van der Waals surface area contributed by atoms with Crippen LogP contribution in [-0.4, -0.2) is 16.2 Å². The first kappa shape index (κ1) is 11.0. The molecule has 68 valence electrons. The standard InChI is InChI=1S/C10H17NO/c1-6-11(10(3,4)5)8-7-9(2)12/h6-8H,1H2,2-5H3/b8-7-. The molecule has 2 heteroatoms. The van der Waals surface area contributed by atoms with Gasteiger partial charge < -0.3 is 4.90 Å². The number of carbonyl (C=O) groups is 1. The van der Waals surface area contributed by atoms with Crippen LogP contribution in [0, 0.1) is 0 Å². The van der Waals surface area contributed by atoms with E-state index in [0.29, 0.717) is 0 Å². The van der Waals surface area contributed by atoms with Gasteiger partial charge in [-0.3, -0.25) is 4.79 Å². The Hall–Kier alpha value is -1.05. The molecule has 0 aromatic heterocycles. The van der Waals surface area contributed by atoms with E-state index in [4.69, 9.17) is 0 Å². The van der Waals surface area contributed by atoms with Crippen LogP contribution in [0.15, 0.2) is 25.1 Å². The first-order valence-corrected chi connectivity index (χ1v) is 3.97. The van der Waals surface area contributed by atoms with E-state index in [1.807, 2.05) is 4.90 Å². The Balaban J connectivity index is 4.38. The summed E-state index contributed by atoms with van der Waals surface area (Å²) in [4.78, 5) is 12.5. The average molecular weight is 167 g/mol. The summed E-state index contributed by atoms with van der Waals surface area (Å²) in [5.74, 6) is 0.0473. The maximum Gasteiger partial charge on any atom is 0.154 e. The van der Waals surface area contributed by atoms with Crippen molar-refractivity contribution in [3.8, 4) is 0 Å². The Kier molecular flexibility index (Phi) is 3.74. The number of hydrogen-bond donors (Lipinski definition) is 0. The molecule has 0 N–H and O–H groups in total. The van der Waals surface area contributed by atoms with Crippen molar-refractivity contribution in [1.82, 2.24) is 4.90 Å². The molecule has 0 atom stereocenters. The molecule has 0 rings (SSSR count). The van der Waals surface area contributed by atoms with Gasteiger partial charge in [-0.25, -0.2) is 0 Å². The fourth-order valence-corrected chi connectivity index (χ4v) is 0.744. The molecular formula is C10H17NO. The van der Waals surface area contributed by atoms with Crippen LogP contribution in [0.2, 0.25) is 0 Å². The zero-order valence-corrected chi connectivity index (χ0v) is 8.29. The van der Waals surface area contributed by atoms with E-state index >= 15 is 0 Å². The topological polar surface area (TPSA) is 20.3 Å². The number of rotatable bonds is 3. The van der Waals surface area contributed by atoms with Gasteiger partial charge in [0.1, 0.15) is 0 Å².